The van der Waals surface area contributed by atoms with Crippen molar-refractivity contribution >= 4 is 40.8 Å². The topological polar surface area (TPSA) is 3.24 Å². The highest BCUT2D eigenvalue weighted by molar-refractivity contribution is 7.96. The number of benzene rings is 2. The molecule has 0 atom stereocenters. The van der Waals surface area contributed by atoms with Crippen molar-refractivity contribution in [2.45, 2.75) is 39.8 Å². The highest BCUT2D eigenvalue weighted by Gasteiger charge is 2.14. The van der Waals surface area contributed by atoms with Crippen LogP contribution < -0.4 is 4.90 Å². The van der Waals surface area contributed by atoms with Crippen molar-refractivity contribution in [3.63, 3.8) is 0 Å². The molecule has 0 fully saturated rings. The zero-order valence-electron chi connectivity index (χ0n) is 14.2. The third kappa shape index (κ3) is 4.36. The molecule has 0 aliphatic carbocycles. The second kappa shape index (κ2) is 7.98. The maximum Gasteiger partial charge on any atom is 0.0371 e. The fourth-order valence-electron chi connectivity index (χ4n) is 2.85. The quantitative estimate of drug-likeness (QED) is 0.498. The van der Waals surface area contributed by atoms with Gasteiger partial charge in [-0.1, -0.05) is 42.5 Å². The van der Waals surface area contributed by atoms with Crippen LogP contribution in [0, 0.1) is 0 Å². The van der Waals surface area contributed by atoms with Gasteiger partial charge in [0.1, 0.15) is 0 Å². The molecule has 0 heterocycles. The van der Waals surface area contributed by atoms with Crippen LogP contribution in [0.25, 0.3) is 9.81 Å². The summed E-state index contributed by atoms with van der Waals surface area (Å²) in [5.74, 6) is 0. The third-order valence-electron chi connectivity index (χ3n) is 3.82. The minimum Gasteiger partial charge on any atom is -0.367 e. The number of anilines is 1. The molecule has 0 radical (unpaired) electrons. The lowest BCUT2D eigenvalue weighted by molar-refractivity contribution is 0.608. The summed E-state index contributed by atoms with van der Waals surface area (Å²) in [4.78, 5) is 4.20. The highest BCUT2D eigenvalue weighted by Crippen LogP contribution is 2.33. The number of thiol groups is 2. The van der Waals surface area contributed by atoms with E-state index in [0.717, 1.165) is 20.9 Å². The van der Waals surface area contributed by atoms with Gasteiger partial charge in [-0.3, -0.25) is 0 Å². The third-order valence-corrected chi connectivity index (χ3v) is 4.96. The van der Waals surface area contributed by atoms with Crippen molar-refractivity contribution in [3.05, 3.63) is 65.7 Å². The van der Waals surface area contributed by atoms with Crippen LogP contribution in [0.2, 0.25) is 0 Å². The van der Waals surface area contributed by atoms with Crippen LogP contribution in [0.3, 0.4) is 0 Å². The van der Waals surface area contributed by atoms with Gasteiger partial charge in [-0.2, -0.15) is 0 Å². The molecule has 0 amide bonds. The van der Waals surface area contributed by atoms with E-state index in [4.69, 9.17) is 0 Å². The maximum absolute atomic E-state index is 4.68. The largest absolute Gasteiger partial charge is 0.367 e. The first-order chi connectivity index (χ1) is 10.9. The summed E-state index contributed by atoms with van der Waals surface area (Å²) in [6.07, 6.45) is 0. The number of rotatable bonds is 5. The molecule has 122 valence electrons. The summed E-state index contributed by atoms with van der Waals surface area (Å²) in [7, 11) is 0. The number of hydrogen-bond acceptors (Lipinski definition) is 3. The number of hydrogen-bond donors (Lipinski definition) is 2. The highest BCUT2D eigenvalue weighted by atomic mass is 32.1. The van der Waals surface area contributed by atoms with Gasteiger partial charge in [0.25, 0.3) is 0 Å². The van der Waals surface area contributed by atoms with Crippen molar-refractivity contribution in [1.29, 1.82) is 0 Å². The Labute approximate surface area is 151 Å². The summed E-state index contributed by atoms with van der Waals surface area (Å²) in [6, 6.07) is 19.6. The van der Waals surface area contributed by atoms with E-state index in [-0.39, 0.29) is 0 Å². The molecule has 0 bridgehead atoms. The summed E-state index contributed by atoms with van der Waals surface area (Å²) >= 11 is 9.33. The molecule has 1 nitrogen and oxygen atoms in total. The van der Waals surface area contributed by atoms with Crippen molar-refractivity contribution in [2.24, 2.45) is 0 Å². The molecule has 2 rings (SSSR count). The van der Waals surface area contributed by atoms with Gasteiger partial charge in [0.2, 0.25) is 0 Å². The Morgan fingerprint density at radius 3 is 1.57 bits per heavy atom. The first kappa shape index (κ1) is 18.0. The molecular weight excluding hydrogens is 318 g/mol. The van der Waals surface area contributed by atoms with Crippen LogP contribution in [0.15, 0.2) is 54.6 Å². The molecule has 0 spiro atoms. The van der Waals surface area contributed by atoms with Crippen LogP contribution in [-0.4, -0.2) is 12.1 Å². The second-order valence-electron chi connectivity index (χ2n) is 6.20. The molecular formula is C20H25NS2. The minimum absolute atomic E-state index is 0.469. The van der Waals surface area contributed by atoms with Crippen molar-refractivity contribution in [3.8, 4) is 0 Å². The average molecular weight is 344 g/mol. The summed E-state index contributed by atoms with van der Waals surface area (Å²) in [6.45, 7) is 8.89. The molecule has 2 aromatic carbocycles. The lowest BCUT2D eigenvalue weighted by atomic mass is 10.1. The molecule has 0 saturated heterocycles. The van der Waals surface area contributed by atoms with E-state index in [1.54, 1.807) is 0 Å². The Bertz CT molecular complexity index is 650. The maximum atomic E-state index is 4.68. The van der Waals surface area contributed by atoms with E-state index < -0.39 is 0 Å². The van der Waals surface area contributed by atoms with Crippen LogP contribution in [0.5, 0.6) is 0 Å². The van der Waals surface area contributed by atoms with Crippen LogP contribution in [0.4, 0.5) is 5.69 Å². The van der Waals surface area contributed by atoms with Crippen molar-refractivity contribution in [2.75, 3.05) is 4.90 Å². The minimum atomic E-state index is 0.469. The fourth-order valence-corrected chi connectivity index (χ4v) is 3.41. The van der Waals surface area contributed by atoms with E-state index in [2.05, 4.69) is 82.1 Å². The van der Waals surface area contributed by atoms with Gasteiger partial charge in [-0.05, 0) is 51.0 Å². The first-order valence-corrected chi connectivity index (χ1v) is 8.87. The molecule has 0 aromatic heterocycles. The molecule has 0 aliphatic rings. The predicted octanol–water partition coefficient (Wildman–Crippen LogP) is 6.00. The van der Waals surface area contributed by atoms with E-state index in [1.165, 1.54) is 5.69 Å². The Hall–Kier alpha value is -1.32. The van der Waals surface area contributed by atoms with Crippen molar-refractivity contribution in [1.82, 2.24) is 0 Å². The zero-order chi connectivity index (χ0) is 17.0. The van der Waals surface area contributed by atoms with Gasteiger partial charge in [-0.25, -0.2) is 0 Å². The number of nitrogens with zero attached hydrogens (tertiary/aromatic N) is 1. The Kier molecular flexibility index (Phi) is 6.25. The Morgan fingerprint density at radius 2 is 1.13 bits per heavy atom. The summed E-state index contributed by atoms with van der Waals surface area (Å²) in [5, 5.41) is 0. The van der Waals surface area contributed by atoms with Gasteiger partial charge in [0.15, 0.2) is 0 Å². The normalized spacial score (nSPS) is 12.5. The smallest absolute Gasteiger partial charge is 0.0371 e. The van der Waals surface area contributed by atoms with E-state index >= 15 is 0 Å². The van der Waals surface area contributed by atoms with Gasteiger partial charge in [0, 0.05) is 27.6 Å². The fraction of sp³-hybridized carbons (Fsp3) is 0.300. The van der Waals surface area contributed by atoms with Crippen molar-refractivity contribution < 1.29 is 0 Å². The average Bonchev–Trinajstić information content (AvgIpc) is 2.54. The molecule has 0 unspecified atom stereocenters. The first-order valence-electron chi connectivity index (χ1n) is 7.98. The molecule has 3 heteroatoms. The Morgan fingerprint density at radius 1 is 0.696 bits per heavy atom. The van der Waals surface area contributed by atoms with E-state index in [0.29, 0.717) is 12.1 Å². The molecule has 2 aromatic rings. The molecule has 0 aliphatic heterocycles. The van der Waals surface area contributed by atoms with Crippen LogP contribution in [0.1, 0.15) is 38.8 Å². The molecule has 0 saturated carbocycles. The van der Waals surface area contributed by atoms with Crippen LogP contribution in [-0.2, 0) is 0 Å². The zero-order valence-corrected chi connectivity index (χ0v) is 16.0. The van der Waals surface area contributed by atoms with Gasteiger partial charge >= 0.3 is 0 Å². The standard InChI is InChI=1S/C20H25NS2/c1-14(2)21(15(3)4)18-12-10-17(11-13-18)20(23)19(22)16-8-6-5-7-9-16/h5-15,22-23H,1-4H3. The summed E-state index contributed by atoms with van der Waals surface area (Å²) < 4.78 is 0. The molecule has 23 heavy (non-hydrogen) atoms. The van der Waals surface area contributed by atoms with E-state index in [9.17, 15) is 0 Å². The monoisotopic (exact) mass is 343 g/mol. The Balaban J connectivity index is 2.32. The lowest BCUT2D eigenvalue weighted by Crippen LogP contribution is -2.36. The van der Waals surface area contributed by atoms with Crippen LogP contribution >= 0.6 is 25.3 Å². The summed E-state index contributed by atoms with van der Waals surface area (Å²) in [5.41, 5.74) is 3.40. The SMILES string of the molecule is CC(C)N(c1ccc(C(S)=C(S)c2ccccc2)cc1)C(C)C. The molecule has 0 N–H and O–H groups in total. The lowest BCUT2D eigenvalue weighted by Gasteiger charge is -2.33. The predicted molar refractivity (Wildman–Crippen MR) is 110 cm³/mol. The van der Waals surface area contributed by atoms with Gasteiger partial charge < -0.3 is 4.90 Å². The van der Waals surface area contributed by atoms with Gasteiger partial charge in [0.05, 0.1) is 0 Å². The second-order valence-corrected chi connectivity index (χ2v) is 7.10. The van der Waals surface area contributed by atoms with E-state index in [1.807, 2.05) is 30.3 Å². The van der Waals surface area contributed by atoms with Gasteiger partial charge in [-0.15, -0.1) is 25.3 Å².